The molecular formula is C14H14N2O4. The van der Waals surface area contributed by atoms with Gasteiger partial charge < -0.3 is 4.74 Å². The highest BCUT2D eigenvalue weighted by atomic mass is 16.6. The van der Waals surface area contributed by atoms with E-state index >= 15 is 0 Å². The minimum atomic E-state index is -0.727. The molecule has 1 aromatic carbocycles. The summed E-state index contributed by atoms with van der Waals surface area (Å²) in [6.07, 6.45) is 3.64. The van der Waals surface area contributed by atoms with Crippen LogP contribution in [0, 0.1) is 10.1 Å². The Kier molecular flexibility index (Phi) is 3.65. The number of hydrogen-bond acceptors (Lipinski definition) is 5. The second kappa shape index (κ2) is 5.24. The fraction of sp³-hybridized carbons (Fsp3) is 0.286. The van der Waals surface area contributed by atoms with Gasteiger partial charge in [-0.3, -0.25) is 15.1 Å². The predicted octanol–water partition coefficient (Wildman–Crippen LogP) is 2.89. The topological polar surface area (TPSA) is 81.8 Å². The van der Waals surface area contributed by atoms with Crippen molar-refractivity contribution in [2.24, 2.45) is 4.99 Å². The van der Waals surface area contributed by atoms with Crippen LogP contribution in [0.5, 0.6) is 0 Å². The Balaban J connectivity index is 2.20. The molecule has 0 radical (unpaired) electrons. The van der Waals surface area contributed by atoms with E-state index in [1.54, 1.807) is 18.4 Å². The van der Waals surface area contributed by atoms with Gasteiger partial charge in [0.15, 0.2) is 0 Å². The van der Waals surface area contributed by atoms with Crippen molar-refractivity contribution >= 4 is 17.9 Å². The van der Waals surface area contributed by atoms with Crippen molar-refractivity contribution in [2.45, 2.75) is 25.8 Å². The molecule has 0 amide bonds. The Morgan fingerprint density at radius 1 is 1.40 bits per heavy atom. The number of ether oxygens (including phenoxy) is 1. The molecule has 6 nitrogen and oxygen atoms in total. The molecule has 0 N–H and O–H groups in total. The molecule has 0 atom stereocenters. The average Bonchev–Trinajstić information content (AvgIpc) is 2.37. The number of nitro groups is 1. The fourth-order valence-corrected chi connectivity index (χ4v) is 1.90. The molecule has 1 aliphatic heterocycles. The summed E-state index contributed by atoms with van der Waals surface area (Å²) in [7, 11) is 0. The van der Waals surface area contributed by atoms with E-state index in [0.29, 0.717) is 12.2 Å². The summed E-state index contributed by atoms with van der Waals surface area (Å²) in [6.45, 7) is 3.82. The number of rotatable bonds is 3. The molecule has 1 aliphatic rings. The molecule has 20 heavy (non-hydrogen) atoms. The van der Waals surface area contributed by atoms with Crippen molar-refractivity contribution in [3.8, 4) is 0 Å². The number of carbonyl (C=O) groups is 1. The molecule has 0 unspecified atom stereocenters. The van der Waals surface area contributed by atoms with Gasteiger partial charge >= 0.3 is 5.97 Å². The Hall–Kier alpha value is -2.50. The Bertz CT molecular complexity index is 617. The average molecular weight is 274 g/mol. The first-order valence-electron chi connectivity index (χ1n) is 6.09. The SMILES string of the molecule is CC1(C)CC(OC(=O)c2ccccc2[N+](=O)[O-])=CC=N1. The van der Waals surface area contributed by atoms with Crippen molar-refractivity contribution in [1.82, 2.24) is 0 Å². The molecule has 0 spiro atoms. The summed E-state index contributed by atoms with van der Waals surface area (Å²) in [4.78, 5) is 26.6. The lowest BCUT2D eigenvalue weighted by Crippen LogP contribution is -2.22. The van der Waals surface area contributed by atoms with Crippen LogP contribution in [0.2, 0.25) is 0 Å². The Labute approximate surface area is 115 Å². The number of carbonyl (C=O) groups excluding carboxylic acids is 1. The monoisotopic (exact) mass is 274 g/mol. The maximum Gasteiger partial charge on any atom is 0.350 e. The summed E-state index contributed by atoms with van der Waals surface area (Å²) in [5.41, 5.74) is -0.659. The third-order valence-corrected chi connectivity index (χ3v) is 2.84. The first kappa shape index (κ1) is 13.9. The number of nitro benzene ring substituents is 1. The number of esters is 1. The summed E-state index contributed by atoms with van der Waals surface area (Å²) < 4.78 is 5.23. The number of nitrogens with zero attached hydrogens (tertiary/aromatic N) is 2. The van der Waals surface area contributed by atoms with Crippen LogP contribution in [0.4, 0.5) is 5.69 Å². The summed E-state index contributed by atoms with van der Waals surface area (Å²) in [5.74, 6) is -0.275. The van der Waals surface area contributed by atoms with E-state index in [1.165, 1.54) is 18.2 Å². The van der Waals surface area contributed by atoms with Crippen molar-refractivity contribution in [2.75, 3.05) is 0 Å². The Morgan fingerprint density at radius 2 is 2.10 bits per heavy atom. The highest BCUT2D eigenvalue weighted by Gasteiger charge is 2.26. The van der Waals surface area contributed by atoms with E-state index in [-0.39, 0.29) is 16.8 Å². The molecular weight excluding hydrogens is 260 g/mol. The third-order valence-electron chi connectivity index (χ3n) is 2.84. The minimum Gasteiger partial charge on any atom is -0.427 e. The highest BCUT2D eigenvalue weighted by Crippen LogP contribution is 2.26. The quantitative estimate of drug-likeness (QED) is 0.482. The smallest absolute Gasteiger partial charge is 0.350 e. The van der Waals surface area contributed by atoms with Crippen LogP contribution in [-0.4, -0.2) is 22.6 Å². The molecule has 1 heterocycles. The lowest BCUT2D eigenvalue weighted by molar-refractivity contribution is -0.385. The fourth-order valence-electron chi connectivity index (χ4n) is 1.90. The van der Waals surface area contributed by atoms with Gasteiger partial charge in [-0.05, 0) is 26.0 Å². The lowest BCUT2D eigenvalue weighted by atomic mass is 9.98. The molecule has 0 aromatic heterocycles. The molecule has 1 aromatic rings. The number of aliphatic imine (C=N–C) groups is 1. The Morgan fingerprint density at radius 3 is 2.75 bits per heavy atom. The van der Waals surface area contributed by atoms with E-state index in [2.05, 4.69) is 4.99 Å². The van der Waals surface area contributed by atoms with E-state index in [0.717, 1.165) is 0 Å². The number of hydrogen-bond donors (Lipinski definition) is 0. The zero-order chi connectivity index (χ0) is 14.8. The van der Waals surface area contributed by atoms with Crippen LogP contribution in [0.25, 0.3) is 0 Å². The van der Waals surface area contributed by atoms with E-state index in [4.69, 9.17) is 4.74 Å². The number of allylic oxidation sites excluding steroid dienone is 1. The molecule has 104 valence electrons. The van der Waals surface area contributed by atoms with Gasteiger partial charge in [0.2, 0.25) is 0 Å². The lowest BCUT2D eigenvalue weighted by Gasteiger charge is -2.23. The minimum absolute atomic E-state index is 0.0567. The van der Waals surface area contributed by atoms with Gasteiger partial charge in [-0.15, -0.1) is 0 Å². The highest BCUT2D eigenvalue weighted by molar-refractivity contribution is 5.94. The van der Waals surface area contributed by atoms with Crippen LogP contribution in [-0.2, 0) is 4.74 Å². The van der Waals surface area contributed by atoms with Crippen LogP contribution >= 0.6 is 0 Å². The van der Waals surface area contributed by atoms with Gasteiger partial charge in [-0.2, -0.15) is 0 Å². The maximum absolute atomic E-state index is 12.0. The first-order valence-corrected chi connectivity index (χ1v) is 6.09. The zero-order valence-corrected chi connectivity index (χ0v) is 11.2. The van der Waals surface area contributed by atoms with Gasteiger partial charge in [-0.1, -0.05) is 12.1 Å². The van der Waals surface area contributed by atoms with Crippen molar-refractivity contribution in [3.05, 3.63) is 51.8 Å². The molecule has 2 rings (SSSR count). The van der Waals surface area contributed by atoms with Gasteiger partial charge in [0.05, 0.1) is 10.5 Å². The summed E-state index contributed by atoms with van der Waals surface area (Å²) in [6, 6.07) is 5.72. The molecule has 6 heteroatoms. The second-order valence-corrected chi connectivity index (χ2v) is 5.06. The number of para-hydroxylation sites is 1. The molecule has 0 saturated heterocycles. The molecule has 0 bridgehead atoms. The van der Waals surface area contributed by atoms with E-state index < -0.39 is 10.9 Å². The van der Waals surface area contributed by atoms with Gasteiger partial charge in [0.25, 0.3) is 5.69 Å². The number of benzene rings is 1. The van der Waals surface area contributed by atoms with Gasteiger partial charge in [0.1, 0.15) is 11.3 Å². The predicted molar refractivity (Wildman–Crippen MR) is 73.8 cm³/mol. The normalized spacial score (nSPS) is 16.4. The van der Waals surface area contributed by atoms with Crippen LogP contribution < -0.4 is 0 Å². The van der Waals surface area contributed by atoms with Crippen LogP contribution in [0.3, 0.4) is 0 Å². The van der Waals surface area contributed by atoms with Crippen molar-refractivity contribution in [1.29, 1.82) is 0 Å². The summed E-state index contributed by atoms with van der Waals surface area (Å²) >= 11 is 0. The van der Waals surface area contributed by atoms with E-state index in [9.17, 15) is 14.9 Å². The van der Waals surface area contributed by atoms with Crippen molar-refractivity contribution < 1.29 is 14.5 Å². The number of dihydropyridines is 1. The van der Waals surface area contributed by atoms with Crippen LogP contribution in [0.15, 0.2) is 41.1 Å². The maximum atomic E-state index is 12.0. The van der Waals surface area contributed by atoms with Crippen LogP contribution in [0.1, 0.15) is 30.6 Å². The van der Waals surface area contributed by atoms with E-state index in [1.807, 2.05) is 13.8 Å². The molecule has 0 aliphatic carbocycles. The molecule has 0 fully saturated rings. The second-order valence-electron chi connectivity index (χ2n) is 5.06. The zero-order valence-electron chi connectivity index (χ0n) is 11.2. The third kappa shape index (κ3) is 3.09. The van der Waals surface area contributed by atoms with Crippen molar-refractivity contribution in [3.63, 3.8) is 0 Å². The summed E-state index contributed by atoms with van der Waals surface area (Å²) in [5, 5.41) is 10.9. The largest absolute Gasteiger partial charge is 0.427 e. The standard InChI is InChI=1S/C14H14N2O4/c1-14(2)9-10(7-8-15-14)20-13(17)11-5-3-4-6-12(11)16(18)19/h3-8H,9H2,1-2H3. The van der Waals surface area contributed by atoms with Gasteiger partial charge in [0, 0.05) is 18.7 Å². The van der Waals surface area contributed by atoms with Gasteiger partial charge in [-0.25, -0.2) is 4.79 Å². The molecule has 0 saturated carbocycles. The first-order chi connectivity index (χ1) is 9.39.